The Bertz CT molecular complexity index is 10.8. The average molecular weight is 141 g/mol. The van der Waals surface area contributed by atoms with Gasteiger partial charge in [0.2, 0.25) is 0 Å². The topological polar surface area (TPSA) is 85.5 Å². The molecule has 0 saturated carbocycles. The van der Waals surface area contributed by atoms with Crippen molar-refractivity contribution in [1.82, 2.24) is 0 Å². The van der Waals surface area contributed by atoms with Gasteiger partial charge in [-0.3, -0.25) is 0 Å². The summed E-state index contributed by atoms with van der Waals surface area (Å²) in [4.78, 5) is 0. The summed E-state index contributed by atoms with van der Waals surface area (Å²) < 4.78 is 0. The summed E-state index contributed by atoms with van der Waals surface area (Å²) >= 11 is 0. The monoisotopic (exact) mass is 141 g/mol. The van der Waals surface area contributed by atoms with Gasteiger partial charge in [0, 0.05) is 0 Å². The van der Waals surface area contributed by atoms with Crippen LogP contribution < -0.4 is 18.9 Å². The van der Waals surface area contributed by atoms with Crippen LogP contribution >= 0.6 is 0 Å². The summed E-state index contributed by atoms with van der Waals surface area (Å²) in [5.74, 6) is 0. The first-order valence-corrected chi connectivity index (χ1v) is 0. The predicted octanol–water partition coefficient (Wildman–Crippen LogP) is -3.74. The quantitative estimate of drug-likeness (QED) is 0.310. The first kappa shape index (κ1) is 139. The van der Waals surface area contributed by atoms with E-state index < -0.39 is 0 Å². The third-order valence-corrected chi connectivity index (χ3v) is 0. The normalized spacial score (nSPS) is 0. The van der Waals surface area contributed by atoms with Gasteiger partial charge in [-0.05, 0) is 0 Å². The SMILES string of the molecule is [Al+3].[Co+2].[Li+].[O-2].[O-2].[O-2]. The summed E-state index contributed by atoms with van der Waals surface area (Å²) in [6.07, 6.45) is 0. The van der Waals surface area contributed by atoms with E-state index in [9.17, 15) is 0 Å². The number of hydrogen-bond donors (Lipinski definition) is 0. The van der Waals surface area contributed by atoms with E-state index in [4.69, 9.17) is 0 Å². The third kappa shape index (κ3) is 48.9. The Morgan fingerprint density at radius 3 is 0.667 bits per heavy atom. The van der Waals surface area contributed by atoms with E-state index in [1.165, 1.54) is 0 Å². The minimum Gasteiger partial charge on any atom is -2.00 e. The Hall–Kier alpha value is 1.52. The van der Waals surface area contributed by atoms with Crippen LogP contribution in [0.1, 0.15) is 0 Å². The van der Waals surface area contributed by atoms with Crippen LogP contribution in [0.4, 0.5) is 0 Å². The van der Waals surface area contributed by atoms with Crippen LogP contribution in [0.25, 0.3) is 0 Å². The van der Waals surface area contributed by atoms with Crippen molar-refractivity contribution >= 4 is 17.4 Å². The van der Waals surface area contributed by atoms with Crippen LogP contribution in [-0.2, 0) is 33.2 Å². The molecule has 0 atom stereocenters. The molecule has 0 rings (SSSR count). The molecular formula is AlCoLiO3. The van der Waals surface area contributed by atoms with Gasteiger partial charge in [-0.15, -0.1) is 0 Å². The van der Waals surface area contributed by atoms with Crippen molar-refractivity contribution in [3.63, 3.8) is 0 Å². The van der Waals surface area contributed by atoms with Gasteiger partial charge in [-0.1, -0.05) is 0 Å². The van der Waals surface area contributed by atoms with Crippen molar-refractivity contribution in [2.75, 3.05) is 0 Å². The van der Waals surface area contributed by atoms with E-state index in [1.807, 2.05) is 0 Å². The Morgan fingerprint density at radius 2 is 0.667 bits per heavy atom. The van der Waals surface area contributed by atoms with Gasteiger partial charge in [0.15, 0.2) is 0 Å². The fourth-order valence-electron chi connectivity index (χ4n) is 0. The van der Waals surface area contributed by atoms with Crippen molar-refractivity contribution < 1.29 is 52.1 Å². The van der Waals surface area contributed by atoms with Crippen LogP contribution in [0.3, 0.4) is 0 Å². The Balaban J connectivity index is 0. The molecule has 0 aromatic rings. The molecule has 0 aliphatic carbocycles. The molecule has 0 saturated heterocycles. The Labute approximate surface area is 69.3 Å². The van der Waals surface area contributed by atoms with Gasteiger partial charge in [-0.25, -0.2) is 0 Å². The van der Waals surface area contributed by atoms with E-state index in [0.29, 0.717) is 0 Å². The van der Waals surface area contributed by atoms with E-state index in [2.05, 4.69) is 0 Å². The summed E-state index contributed by atoms with van der Waals surface area (Å²) in [7, 11) is 0. The molecule has 31 valence electrons. The molecule has 0 aliphatic heterocycles. The maximum Gasteiger partial charge on any atom is 3.00 e. The van der Waals surface area contributed by atoms with E-state index in [1.54, 1.807) is 0 Å². The van der Waals surface area contributed by atoms with Gasteiger partial charge in [0.25, 0.3) is 0 Å². The second-order valence-electron chi connectivity index (χ2n) is 0. The van der Waals surface area contributed by atoms with Crippen LogP contribution in [0, 0.1) is 0 Å². The molecule has 0 aromatic carbocycles. The molecule has 0 aromatic heterocycles. The van der Waals surface area contributed by atoms with Crippen LogP contribution in [0.2, 0.25) is 0 Å². The van der Waals surface area contributed by atoms with Crippen molar-refractivity contribution in [3.8, 4) is 0 Å². The van der Waals surface area contributed by atoms with Crippen molar-refractivity contribution in [3.05, 3.63) is 0 Å². The summed E-state index contributed by atoms with van der Waals surface area (Å²) in [6.45, 7) is 0. The Morgan fingerprint density at radius 1 is 0.667 bits per heavy atom. The fraction of sp³-hybridized carbons (Fsp3) is 0. The maximum absolute atomic E-state index is 0. The van der Waals surface area contributed by atoms with E-state index in [-0.39, 0.29) is 69.4 Å². The number of hydrogen-bond acceptors (Lipinski definition) is 0. The summed E-state index contributed by atoms with van der Waals surface area (Å²) in [5.41, 5.74) is 0. The molecule has 6 heteroatoms. The second kappa shape index (κ2) is 86.2. The standard InChI is InChI=1S/Al.Co.Li.3O/q+3;+2;+1;3*-2. The average Bonchev–Trinajstić information content (AvgIpc) is 0. The van der Waals surface area contributed by atoms with Gasteiger partial charge >= 0.3 is 53.0 Å². The van der Waals surface area contributed by atoms with Crippen molar-refractivity contribution in [2.24, 2.45) is 0 Å². The maximum atomic E-state index is 0. The molecule has 0 fully saturated rings. The van der Waals surface area contributed by atoms with E-state index >= 15 is 0 Å². The molecule has 1 radical (unpaired) electrons. The fourth-order valence-corrected chi connectivity index (χ4v) is 0. The molecule has 0 aliphatic rings. The van der Waals surface area contributed by atoms with Gasteiger partial charge in [-0.2, -0.15) is 0 Å². The second-order valence-corrected chi connectivity index (χ2v) is 0. The molecule has 0 unspecified atom stereocenters. The zero-order valence-corrected chi connectivity index (χ0v) is 5.33. The minimum absolute atomic E-state index is 0. The van der Waals surface area contributed by atoms with Gasteiger partial charge < -0.3 is 16.4 Å². The molecule has 3 nitrogen and oxygen atoms in total. The largest absolute Gasteiger partial charge is 3.00 e. The van der Waals surface area contributed by atoms with Crippen LogP contribution in [0.15, 0.2) is 0 Å². The molecular weight excluding hydrogens is 141 g/mol. The third-order valence-electron chi connectivity index (χ3n) is 0. The predicted molar refractivity (Wildman–Crippen MR) is 7.81 cm³/mol. The Kier molecular flexibility index (Phi) is 2000. The molecule has 0 bridgehead atoms. The minimum atomic E-state index is 0. The summed E-state index contributed by atoms with van der Waals surface area (Å²) in [6, 6.07) is 0. The van der Waals surface area contributed by atoms with Crippen LogP contribution in [-0.4, -0.2) is 17.4 Å². The van der Waals surface area contributed by atoms with Gasteiger partial charge in [0.05, 0.1) is 0 Å². The smallest absolute Gasteiger partial charge is 2.00 e. The molecule has 0 spiro atoms. The zero-order valence-electron chi connectivity index (χ0n) is 3.14. The first-order valence-electron chi connectivity index (χ1n) is 0. The summed E-state index contributed by atoms with van der Waals surface area (Å²) in [5, 5.41) is 0. The van der Waals surface area contributed by atoms with Gasteiger partial charge in [0.1, 0.15) is 0 Å². The molecule has 0 N–H and O–H groups in total. The zero-order chi connectivity index (χ0) is 0. The molecule has 0 heterocycles. The first-order chi connectivity index (χ1) is 0. The van der Waals surface area contributed by atoms with Crippen molar-refractivity contribution in [1.29, 1.82) is 0 Å². The molecule has 0 amide bonds. The molecule has 6 heavy (non-hydrogen) atoms. The van der Waals surface area contributed by atoms with E-state index in [0.717, 1.165) is 0 Å². The number of rotatable bonds is 0. The van der Waals surface area contributed by atoms with Crippen LogP contribution in [0.5, 0.6) is 0 Å². The van der Waals surface area contributed by atoms with Crippen molar-refractivity contribution in [2.45, 2.75) is 0 Å².